The fraction of sp³-hybridized carbons (Fsp3) is 0.650. The van der Waals surface area contributed by atoms with Crippen LogP contribution in [0, 0.1) is 12.3 Å². The minimum absolute atomic E-state index is 0.166. The van der Waals surface area contributed by atoms with Crippen LogP contribution in [0.2, 0.25) is 0 Å². The smallest absolute Gasteiger partial charge is 0.192 e. The van der Waals surface area contributed by atoms with Crippen LogP contribution in [0.4, 0.5) is 0 Å². The Morgan fingerprint density at radius 1 is 1.29 bits per heavy atom. The standard InChI is InChI=1S/C20H32N6OS/c1-16-24-25-18(26(16)2)14-22-19(21-13-17-7-6-12-28-17)23-15-20(10-11-27)8-4-3-5-9-20/h6-7,12,27H,3-5,8-11,13-15H2,1-2H3,(H2,21,22,23). The van der Waals surface area contributed by atoms with Gasteiger partial charge in [0.1, 0.15) is 12.4 Å². The molecule has 3 N–H and O–H groups in total. The summed E-state index contributed by atoms with van der Waals surface area (Å²) in [6.07, 6.45) is 6.98. The Morgan fingerprint density at radius 2 is 2.11 bits per heavy atom. The van der Waals surface area contributed by atoms with Gasteiger partial charge < -0.3 is 20.3 Å². The molecule has 2 aromatic rings. The first-order chi connectivity index (χ1) is 13.6. The van der Waals surface area contributed by atoms with Crippen LogP contribution in [0.1, 0.15) is 55.1 Å². The van der Waals surface area contributed by atoms with Crippen molar-refractivity contribution in [2.45, 2.75) is 58.5 Å². The van der Waals surface area contributed by atoms with Crippen LogP contribution in [0.25, 0.3) is 0 Å². The maximum Gasteiger partial charge on any atom is 0.192 e. The minimum Gasteiger partial charge on any atom is -0.396 e. The summed E-state index contributed by atoms with van der Waals surface area (Å²) in [4.78, 5) is 6.03. The summed E-state index contributed by atoms with van der Waals surface area (Å²) in [6, 6.07) is 4.18. The van der Waals surface area contributed by atoms with Crippen molar-refractivity contribution in [3.63, 3.8) is 0 Å². The maximum atomic E-state index is 9.57. The summed E-state index contributed by atoms with van der Waals surface area (Å²) >= 11 is 1.73. The first-order valence-corrected chi connectivity index (χ1v) is 11.0. The van der Waals surface area contributed by atoms with E-state index in [1.807, 2.05) is 18.5 Å². The lowest BCUT2D eigenvalue weighted by Gasteiger charge is -2.37. The van der Waals surface area contributed by atoms with E-state index >= 15 is 0 Å². The molecule has 0 bridgehead atoms. The van der Waals surface area contributed by atoms with Crippen molar-refractivity contribution in [3.05, 3.63) is 34.0 Å². The van der Waals surface area contributed by atoms with E-state index in [4.69, 9.17) is 4.99 Å². The van der Waals surface area contributed by atoms with Crippen molar-refractivity contribution in [1.29, 1.82) is 0 Å². The summed E-state index contributed by atoms with van der Waals surface area (Å²) in [6.45, 7) is 4.24. The van der Waals surface area contributed by atoms with Gasteiger partial charge in [0.05, 0.1) is 6.54 Å². The molecule has 0 spiro atoms. The third-order valence-corrected chi connectivity index (χ3v) is 6.64. The van der Waals surface area contributed by atoms with E-state index in [0.29, 0.717) is 6.54 Å². The second-order valence-electron chi connectivity index (χ2n) is 7.71. The van der Waals surface area contributed by atoms with Crippen molar-refractivity contribution in [2.75, 3.05) is 13.2 Å². The molecule has 2 aromatic heterocycles. The van der Waals surface area contributed by atoms with Gasteiger partial charge in [-0.05, 0) is 43.0 Å². The van der Waals surface area contributed by atoms with Gasteiger partial charge in [-0.2, -0.15) is 0 Å². The number of aryl methyl sites for hydroxylation is 1. The first kappa shape index (κ1) is 20.8. The molecule has 0 atom stereocenters. The SMILES string of the molecule is Cc1nnc(CN=C(NCc2cccs2)NCC2(CCO)CCCCC2)n1C. The van der Waals surface area contributed by atoms with Gasteiger partial charge in [-0.15, -0.1) is 21.5 Å². The molecule has 1 aliphatic carbocycles. The van der Waals surface area contributed by atoms with Gasteiger partial charge in [0.15, 0.2) is 11.8 Å². The topological polar surface area (TPSA) is 87.4 Å². The third kappa shape index (κ3) is 5.54. The Labute approximate surface area is 171 Å². The predicted molar refractivity (Wildman–Crippen MR) is 113 cm³/mol. The van der Waals surface area contributed by atoms with Crippen molar-refractivity contribution in [2.24, 2.45) is 17.5 Å². The van der Waals surface area contributed by atoms with Crippen LogP contribution in [0.5, 0.6) is 0 Å². The molecule has 3 rings (SSSR count). The minimum atomic E-state index is 0.166. The maximum absolute atomic E-state index is 9.57. The number of guanidine groups is 1. The van der Waals surface area contributed by atoms with Crippen molar-refractivity contribution in [1.82, 2.24) is 25.4 Å². The normalized spacial score (nSPS) is 16.9. The molecule has 0 aliphatic heterocycles. The monoisotopic (exact) mass is 404 g/mol. The number of thiophene rings is 1. The van der Waals surface area contributed by atoms with Gasteiger partial charge >= 0.3 is 0 Å². The van der Waals surface area contributed by atoms with E-state index in [1.165, 1.54) is 37.0 Å². The summed E-state index contributed by atoms with van der Waals surface area (Å²) in [5.41, 5.74) is 0.166. The average molecular weight is 405 g/mol. The van der Waals surface area contributed by atoms with Gasteiger partial charge in [0.2, 0.25) is 0 Å². The highest BCUT2D eigenvalue weighted by Gasteiger charge is 2.31. The highest BCUT2D eigenvalue weighted by Crippen LogP contribution is 2.38. The molecule has 154 valence electrons. The van der Waals surface area contributed by atoms with E-state index in [-0.39, 0.29) is 12.0 Å². The molecular formula is C20H32N6OS. The zero-order chi connectivity index (χ0) is 19.8. The number of hydrogen-bond acceptors (Lipinski definition) is 5. The van der Waals surface area contributed by atoms with Crippen molar-refractivity contribution < 1.29 is 5.11 Å². The average Bonchev–Trinajstić information content (AvgIpc) is 3.33. The number of aliphatic hydroxyl groups is 1. The van der Waals surface area contributed by atoms with Gasteiger partial charge in [-0.25, -0.2) is 4.99 Å². The molecule has 28 heavy (non-hydrogen) atoms. The fourth-order valence-electron chi connectivity index (χ4n) is 3.82. The number of hydrogen-bond donors (Lipinski definition) is 3. The lowest BCUT2D eigenvalue weighted by Crippen LogP contribution is -2.44. The molecule has 1 aliphatic rings. The van der Waals surface area contributed by atoms with Crippen molar-refractivity contribution in [3.8, 4) is 0 Å². The van der Waals surface area contributed by atoms with Gasteiger partial charge in [-0.1, -0.05) is 25.3 Å². The summed E-state index contributed by atoms with van der Waals surface area (Å²) in [5.74, 6) is 2.52. The third-order valence-electron chi connectivity index (χ3n) is 5.76. The molecule has 0 aromatic carbocycles. The predicted octanol–water partition coefficient (Wildman–Crippen LogP) is 2.75. The largest absolute Gasteiger partial charge is 0.396 e. The highest BCUT2D eigenvalue weighted by molar-refractivity contribution is 7.09. The molecule has 0 radical (unpaired) electrons. The quantitative estimate of drug-likeness (QED) is 0.465. The Kier molecular flexibility index (Phi) is 7.44. The molecule has 1 fully saturated rings. The van der Waals surface area contributed by atoms with E-state index in [0.717, 1.165) is 37.1 Å². The molecule has 8 heteroatoms. The summed E-state index contributed by atoms with van der Waals surface area (Å²) in [7, 11) is 1.96. The van der Waals surface area contributed by atoms with Crippen LogP contribution >= 0.6 is 11.3 Å². The van der Waals surface area contributed by atoms with Gasteiger partial charge in [-0.3, -0.25) is 0 Å². The lowest BCUT2D eigenvalue weighted by atomic mass is 9.72. The molecule has 2 heterocycles. The number of aliphatic hydroxyl groups excluding tert-OH is 1. The lowest BCUT2D eigenvalue weighted by molar-refractivity contribution is 0.131. The van der Waals surface area contributed by atoms with Gasteiger partial charge in [0.25, 0.3) is 0 Å². The van der Waals surface area contributed by atoms with Crippen molar-refractivity contribution >= 4 is 17.3 Å². The number of nitrogens with one attached hydrogen (secondary N) is 2. The number of nitrogens with zero attached hydrogens (tertiary/aromatic N) is 4. The number of aromatic nitrogens is 3. The Bertz CT molecular complexity index is 743. The molecule has 7 nitrogen and oxygen atoms in total. The Hall–Kier alpha value is -1.93. The van der Waals surface area contributed by atoms with E-state index in [2.05, 4.69) is 38.3 Å². The van der Waals surface area contributed by atoms with Crippen LogP contribution in [-0.4, -0.2) is 39.0 Å². The Balaban J connectivity index is 1.67. The zero-order valence-electron chi connectivity index (χ0n) is 16.9. The number of rotatable bonds is 8. The molecule has 0 amide bonds. The molecule has 0 unspecified atom stereocenters. The summed E-state index contributed by atoms with van der Waals surface area (Å²) in [5, 5.41) is 27.0. The molecule has 1 saturated carbocycles. The van der Waals surface area contributed by atoms with Crippen LogP contribution < -0.4 is 10.6 Å². The van der Waals surface area contributed by atoms with Gasteiger partial charge in [0, 0.05) is 25.1 Å². The zero-order valence-corrected chi connectivity index (χ0v) is 17.8. The highest BCUT2D eigenvalue weighted by atomic mass is 32.1. The number of aliphatic imine (C=N–C) groups is 1. The second kappa shape index (κ2) is 10.0. The first-order valence-electron chi connectivity index (χ1n) is 10.1. The van der Waals surface area contributed by atoms with Crippen LogP contribution in [-0.2, 0) is 20.1 Å². The Morgan fingerprint density at radius 3 is 2.75 bits per heavy atom. The second-order valence-corrected chi connectivity index (χ2v) is 8.74. The van der Waals surface area contributed by atoms with Crippen LogP contribution in [0.3, 0.4) is 0 Å². The molecule has 0 saturated heterocycles. The summed E-state index contributed by atoms with van der Waals surface area (Å²) < 4.78 is 1.97. The molecular weight excluding hydrogens is 372 g/mol. The fourth-order valence-corrected chi connectivity index (χ4v) is 4.47. The van der Waals surface area contributed by atoms with E-state index in [9.17, 15) is 5.11 Å². The van der Waals surface area contributed by atoms with E-state index < -0.39 is 0 Å². The van der Waals surface area contributed by atoms with Crippen LogP contribution in [0.15, 0.2) is 22.5 Å². The van der Waals surface area contributed by atoms with E-state index in [1.54, 1.807) is 11.3 Å².